The standard InChI is InChI=1S/C7H7N3O3/c8-6(11)4-2-1-3-10(13)5(4)7(9)12/h1-3H,(H2,8,11)(H2,9,12). The molecule has 1 heterocycles. The Balaban J connectivity index is 3.43. The second-order valence-electron chi connectivity index (χ2n) is 2.32. The summed E-state index contributed by atoms with van der Waals surface area (Å²) >= 11 is 0. The van der Waals surface area contributed by atoms with Gasteiger partial charge in [-0.3, -0.25) is 9.59 Å². The van der Waals surface area contributed by atoms with Gasteiger partial charge in [0.25, 0.3) is 11.6 Å². The van der Waals surface area contributed by atoms with Crippen molar-refractivity contribution >= 4 is 11.8 Å². The van der Waals surface area contributed by atoms with Crippen LogP contribution in [0.2, 0.25) is 0 Å². The van der Waals surface area contributed by atoms with E-state index >= 15 is 0 Å². The Morgan fingerprint density at radius 2 is 1.92 bits per heavy atom. The van der Waals surface area contributed by atoms with E-state index < -0.39 is 17.5 Å². The molecule has 1 aromatic heterocycles. The lowest BCUT2D eigenvalue weighted by molar-refractivity contribution is -0.607. The third kappa shape index (κ3) is 1.56. The Bertz CT molecular complexity index is 375. The SMILES string of the molecule is NC(=O)c1ccc[n+]([O-])c1C(N)=O. The van der Waals surface area contributed by atoms with Crippen molar-refractivity contribution in [2.75, 3.05) is 0 Å². The zero-order valence-corrected chi connectivity index (χ0v) is 6.56. The van der Waals surface area contributed by atoms with Gasteiger partial charge in [-0.25, -0.2) is 0 Å². The highest BCUT2D eigenvalue weighted by Crippen LogP contribution is 2.00. The van der Waals surface area contributed by atoms with Gasteiger partial charge < -0.3 is 16.7 Å². The molecule has 0 fully saturated rings. The summed E-state index contributed by atoms with van der Waals surface area (Å²) in [5.74, 6) is -1.84. The Labute approximate surface area is 73.3 Å². The monoisotopic (exact) mass is 181 g/mol. The number of hydrogen-bond acceptors (Lipinski definition) is 3. The fourth-order valence-corrected chi connectivity index (χ4v) is 0.930. The second-order valence-corrected chi connectivity index (χ2v) is 2.32. The van der Waals surface area contributed by atoms with Gasteiger partial charge in [-0.05, 0) is 6.07 Å². The molecule has 0 aliphatic carbocycles. The minimum atomic E-state index is -0.982. The van der Waals surface area contributed by atoms with Crippen LogP contribution in [0.1, 0.15) is 20.8 Å². The maximum atomic E-state index is 11.0. The number of aromatic nitrogens is 1. The first-order valence-electron chi connectivity index (χ1n) is 3.36. The Morgan fingerprint density at radius 3 is 2.31 bits per heavy atom. The molecule has 0 aliphatic heterocycles. The summed E-state index contributed by atoms with van der Waals surface area (Å²) in [5, 5.41) is 11.0. The first kappa shape index (κ1) is 8.98. The molecule has 13 heavy (non-hydrogen) atoms. The van der Waals surface area contributed by atoms with Gasteiger partial charge in [-0.1, -0.05) is 0 Å². The smallest absolute Gasteiger partial charge is 0.315 e. The number of nitrogens with two attached hydrogens (primary N) is 2. The summed E-state index contributed by atoms with van der Waals surface area (Å²) in [6.45, 7) is 0. The van der Waals surface area contributed by atoms with E-state index in [1.807, 2.05) is 0 Å². The molecule has 0 atom stereocenters. The van der Waals surface area contributed by atoms with Crippen molar-refractivity contribution in [2.45, 2.75) is 0 Å². The minimum absolute atomic E-state index is 0.176. The molecule has 1 rings (SSSR count). The van der Waals surface area contributed by atoms with Crippen LogP contribution in [0.25, 0.3) is 0 Å². The molecule has 6 nitrogen and oxygen atoms in total. The highest BCUT2D eigenvalue weighted by Gasteiger charge is 2.21. The summed E-state index contributed by atoms with van der Waals surface area (Å²) in [7, 11) is 0. The number of rotatable bonds is 2. The minimum Gasteiger partial charge on any atom is -0.618 e. The topological polar surface area (TPSA) is 113 Å². The average Bonchev–Trinajstić information content (AvgIpc) is 2.02. The number of carbonyl (C=O) groups is 2. The molecule has 0 radical (unpaired) electrons. The molecule has 6 heteroatoms. The Kier molecular flexibility index (Phi) is 2.14. The van der Waals surface area contributed by atoms with Crippen LogP contribution in [0, 0.1) is 5.21 Å². The van der Waals surface area contributed by atoms with Gasteiger partial charge in [0.15, 0.2) is 6.20 Å². The van der Waals surface area contributed by atoms with Crippen molar-refractivity contribution in [3.8, 4) is 0 Å². The highest BCUT2D eigenvalue weighted by atomic mass is 16.5. The predicted molar refractivity (Wildman–Crippen MR) is 42.4 cm³/mol. The molecule has 4 N–H and O–H groups in total. The number of hydrogen-bond donors (Lipinski definition) is 2. The van der Waals surface area contributed by atoms with E-state index in [0.717, 1.165) is 6.20 Å². The molecule has 0 saturated heterocycles. The van der Waals surface area contributed by atoms with E-state index in [1.165, 1.54) is 12.1 Å². The first-order chi connectivity index (χ1) is 6.04. The van der Waals surface area contributed by atoms with Gasteiger partial charge in [0.05, 0.1) is 0 Å². The van der Waals surface area contributed by atoms with Gasteiger partial charge in [-0.15, -0.1) is 0 Å². The normalized spacial score (nSPS) is 9.54. The summed E-state index contributed by atoms with van der Waals surface area (Å²) < 4.78 is 0.211. The van der Waals surface area contributed by atoms with Crippen molar-refractivity contribution in [1.29, 1.82) is 0 Å². The maximum absolute atomic E-state index is 11.0. The molecule has 0 aliphatic rings. The molecule has 0 aromatic carbocycles. The predicted octanol–water partition coefficient (Wildman–Crippen LogP) is -1.48. The lowest BCUT2D eigenvalue weighted by Crippen LogP contribution is -2.40. The molecular weight excluding hydrogens is 174 g/mol. The quantitative estimate of drug-likeness (QED) is 0.428. The largest absolute Gasteiger partial charge is 0.618 e. The van der Waals surface area contributed by atoms with Crippen LogP contribution in [0.4, 0.5) is 0 Å². The number of carbonyl (C=O) groups excluding carboxylic acids is 2. The van der Waals surface area contributed by atoms with Crippen LogP contribution < -0.4 is 16.2 Å². The molecule has 0 saturated carbocycles. The maximum Gasteiger partial charge on any atom is 0.315 e. The van der Waals surface area contributed by atoms with E-state index in [-0.39, 0.29) is 10.3 Å². The molecule has 0 unspecified atom stereocenters. The van der Waals surface area contributed by atoms with Crippen molar-refractivity contribution < 1.29 is 14.3 Å². The third-order valence-corrected chi connectivity index (χ3v) is 1.46. The highest BCUT2D eigenvalue weighted by molar-refractivity contribution is 6.03. The molecule has 68 valence electrons. The molecule has 1 aromatic rings. The average molecular weight is 181 g/mol. The van der Waals surface area contributed by atoms with Crippen LogP contribution in [-0.2, 0) is 0 Å². The van der Waals surface area contributed by atoms with E-state index in [2.05, 4.69) is 0 Å². The van der Waals surface area contributed by atoms with Gasteiger partial charge in [0, 0.05) is 6.07 Å². The van der Waals surface area contributed by atoms with Crippen molar-refractivity contribution in [1.82, 2.24) is 0 Å². The van der Waals surface area contributed by atoms with Crippen LogP contribution in [0.15, 0.2) is 18.3 Å². The zero-order chi connectivity index (χ0) is 10.0. The summed E-state index contributed by atoms with van der Waals surface area (Å²) in [6, 6.07) is 2.57. The summed E-state index contributed by atoms with van der Waals surface area (Å²) in [5.41, 5.74) is 9.20. The zero-order valence-electron chi connectivity index (χ0n) is 6.56. The fraction of sp³-hybridized carbons (Fsp3) is 0. The first-order valence-corrected chi connectivity index (χ1v) is 3.36. The van der Waals surface area contributed by atoms with Crippen LogP contribution in [0.5, 0.6) is 0 Å². The molecule has 2 amide bonds. The van der Waals surface area contributed by atoms with Gasteiger partial charge in [0.1, 0.15) is 5.56 Å². The van der Waals surface area contributed by atoms with Crippen molar-refractivity contribution in [3.63, 3.8) is 0 Å². The van der Waals surface area contributed by atoms with Gasteiger partial charge in [-0.2, -0.15) is 4.73 Å². The number of pyridine rings is 1. The molecule has 0 spiro atoms. The van der Waals surface area contributed by atoms with Crippen molar-refractivity contribution in [2.24, 2.45) is 11.5 Å². The van der Waals surface area contributed by atoms with Gasteiger partial charge >= 0.3 is 5.91 Å². The number of amides is 2. The lowest BCUT2D eigenvalue weighted by atomic mass is 10.2. The Hall–Kier alpha value is -2.11. The molecular formula is C7H7N3O3. The van der Waals surface area contributed by atoms with E-state index in [1.54, 1.807) is 0 Å². The Morgan fingerprint density at radius 1 is 1.31 bits per heavy atom. The van der Waals surface area contributed by atoms with Crippen molar-refractivity contribution in [3.05, 3.63) is 34.8 Å². The lowest BCUT2D eigenvalue weighted by Gasteiger charge is -2.03. The third-order valence-electron chi connectivity index (χ3n) is 1.46. The summed E-state index contributed by atoms with van der Waals surface area (Å²) in [4.78, 5) is 21.5. The van der Waals surface area contributed by atoms with E-state index in [4.69, 9.17) is 11.5 Å². The number of primary amides is 2. The second kappa shape index (κ2) is 3.10. The van der Waals surface area contributed by atoms with Crippen LogP contribution >= 0.6 is 0 Å². The fourth-order valence-electron chi connectivity index (χ4n) is 0.930. The van der Waals surface area contributed by atoms with Crippen LogP contribution in [0.3, 0.4) is 0 Å². The molecule has 0 bridgehead atoms. The number of nitrogens with zero attached hydrogens (tertiary/aromatic N) is 1. The van der Waals surface area contributed by atoms with E-state index in [9.17, 15) is 14.8 Å². The van der Waals surface area contributed by atoms with Crippen LogP contribution in [-0.4, -0.2) is 11.8 Å². The van der Waals surface area contributed by atoms with Gasteiger partial charge in [0.2, 0.25) is 0 Å². The van der Waals surface area contributed by atoms with E-state index in [0.29, 0.717) is 0 Å². The summed E-state index contributed by atoms with van der Waals surface area (Å²) in [6.07, 6.45) is 1.06.